The van der Waals surface area contributed by atoms with Crippen molar-refractivity contribution in [2.75, 3.05) is 11.4 Å². The third-order valence-electron chi connectivity index (χ3n) is 4.35. The van der Waals surface area contributed by atoms with Crippen molar-refractivity contribution in [3.05, 3.63) is 100 Å². The quantitative estimate of drug-likeness (QED) is 0.428. The van der Waals surface area contributed by atoms with Crippen molar-refractivity contribution < 1.29 is 0 Å². The van der Waals surface area contributed by atoms with Gasteiger partial charge in [0.15, 0.2) is 0 Å². The SMILES string of the molecule is C=C(C)/C=C\C(=C(C)C)C(c1ccc(Br)cc1)N(CC)c1ccccc1. The summed E-state index contributed by atoms with van der Waals surface area (Å²) in [6.45, 7) is 13.6. The van der Waals surface area contributed by atoms with Crippen LogP contribution in [-0.2, 0) is 0 Å². The molecule has 0 aliphatic heterocycles. The molecule has 136 valence electrons. The molecule has 0 amide bonds. The first-order valence-electron chi connectivity index (χ1n) is 9.02. The van der Waals surface area contributed by atoms with E-state index < -0.39 is 0 Å². The van der Waals surface area contributed by atoms with Crippen LogP contribution in [0.5, 0.6) is 0 Å². The summed E-state index contributed by atoms with van der Waals surface area (Å²) in [6.07, 6.45) is 4.32. The molecule has 1 nitrogen and oxygen atoms in total. The number of hydrogen-bond acceptors (Lipinski definition) is 1. The Morgan fingerprint density at radius 2 is 1.62 bits per heavy atom. The van der Waals surface area contributed by atoms with Gasteiger partial charge in [-0.25, -0.2) is 0 Å². The molecule has 0 N–H and O–H groups in total. The summed E-state index contributed by atoms with van der Waals surface area (Å²) in [6, 6.07) is 19.4. The maximum atomic E-state index is 4.02. The molecule has 2 aromatic carbocycles. The summed E-state index contributed by atoms with van der Waals surface area (Å²) in [5.74, 6) is 0. The van der Waals surface area contributed by atoms with Gasteiger partial charge in [0.25, 0.3) is 0 Å². The average molecular weight is 410 g/mol. The molecule has 0 aliphatic carbocycles. The van der Waals surface area contributed by atoms with Crippen molar-refractivity contribution in [2.24, 2.45) is 0 Å². The van der Waals surface area contributed by atoms with E-state index in [1.807, 2.05) is 6.92 Å². The van der Waals surface area contributed by atoms with Crippen LogP contribution in [0.1, 0.15) is 39.3 Å². The smallest absolute Gasteiger partial charge is 0.0795 e. The molecule has 0 bridgehead atoms. The Hall–Kier alpha value is -2.06. The highest BCUT2D eigenvalue weighted by Gasteiger charge is 2.23. The van der Waals surface area contributed by atoms with Gasteiger partial charge in [0.1, 0.15) is 0 Å². The maximum Gasteiger partial charge on any atom is 0.0795 e. The number of allylic oxidation sites excluding steroid dienone is 3. The second kappa shape index (κ2) is 9.59. The summed E-state index contributed by atoms with van der Waals surface area (Å²) >= 11 is 3.56. The predicted octanol–water partition coefficient (Wildman–Crippen LogP) is 7.49. The molecule has 1 unspecified atom stereocenters. The number of anilines is 1. The van der Waals surface area contributed by atoms with Gasteiger partial charge in [0.2, 0.25) is 0 Å². The number of nitrogens with zero attached hydrogens (tertiary/aromatic N) is 1. The van der Waals surface area contributed by atoms with Crippen LogP contribution in [0.15, 0.2) is 94.5 Å². The van der Waals surface area contributed by atoms with Crippen LogP contribution in [0, 0.1) is 0 Å². The Morgan fingerprint density at radius 3 is 2.12 bits per heavy atom. The van der Waals surface area contributed by atoms with Gasteiger partial charge in [-0.15, -0.1) is 0 Å². The zero-order valence-corrected chi connectivity index (χ0v) is 17.8. The summed E-state index contributed by atoms with van der Waals surface area (Å²) in [5, 5.41) is 0. The second-order valence-electron chi connectivity index (χ2n) is 6.71. The molecule has 2 aromatic rings. The van der Waals surface area contributed by atoms with E-state index in [4.69, 9.17) is 0 Å². The van der Waals surface area contributed by atoms with Crippen molar-refractivity contribution in [3.8, 4) is 0 Å². The Balaban J connectivity index is 2.62. The first-order valence-corrected chi connectivity index (χ1v) is 9.81. The lowest BCUT2D eigenvalue weighted by molar-refractivity contribution is 0.718. The fourth-order valence-corrected chi connectivity index (χ4v) is 3.33. The van der Waals surface area contributed by atoms with Crippen LogP contribution >= 0.6 is 15.9 Å². The Bertz CT molecular complexity index is 781. The second-order valence-corrected chi connectivity index (χ2v) is 7.63. The largest absolute Gasteiger partial charge is 0.361 e. The van der Waals surface area contributed by atoms with E-state index in [-0.39, 0.29) is 6.04 Å². The standard InChI is InChI=1S/C24H28BrN/c1-6-26(22-10-8-7-9-11-22)24(20-13-15-21(25)16-14-20)23(19(4)5)17-12-18(2)3/h7-17,24H,2,6H2,1,3-5H3/b17-12-. The molecule has 0 saturated carbocycles. The minimum Gasteiger partial charge on any atom is -0.361 e. The molecule has 0 heterocycles. The lowest BCUT2D eigenvalue weighted by Gasteiger charge is -2.35. The topological polar surface area (TPSA) is 3.24 Å². The van der Waals surface area contributed by atoms with E-state index in [1.165, 1.54) is 22.4 Å². The van der Waals surface area contributed by atoms with Gasteiger partial charge in [-0.2, -0.15) is 0 Å². The van der Waals surface area contributed by atoms with E-state index in [0.29, 0.717) is 0 Å². The van der Waals surface area contributed by atoms with Crippen LogP contribution in [0.25, 0.3) is 0 Å². The molecule has 0 spiro atoms. The third-order valence-corrected chi connectivity index (χ3v) is 4.87. The number of hydrogen-bond donors (Lipinski definition) is 0. The van der Waals surface area contributed by atoms with Gasteiger partial charge < -0.3 is 4.90 Å². The van der Waals surface area contributed by atoms with E-state index in [1.54, 1.807) is 0 Å². The summed E-state index contributed by atoms with van der Waals surface area (Å²) in [5.41, 5.74) is 6.18. The summed E-state index contributed by atoms with van der Waals surface area (Å²) in [4.78, 5) is 2.45. The fraction of sp³-hybridized carbons (Fsp3) is 0.250. The first-order chi connectivity index (χ1) is 12.4. The van der Waals surface area contributed by atoms with Crippen molar-refractivity contribution in [2.45, 2.75) is 33.7 Å². The van der Waals surface area contributed by atoms with E-state index in [9.17, 15) is 0 Å². The molecular formula is C24H28BrN. The summed E-state index contributed by atoms with van der Waals surface area (Å²) in [7, 11) is 0. The van der Waals surface area contributed by atoms with Crippen molar-refractivity contribution >= 4 is 21.6 Å². The van der Waals surface area contributed by atoms with Crippen LogP contribution in [0.4, 0.5) is 5.69 Å². The van der Waals surface area contributed by atoms with Gasteiger partial charge in [-0.3, -0.25) is 0 Å². The molecular weight excluding hydrogens is 382 g/mol. The Kier molecular flexibility index (Phi) is 7.47. The monoisotopic (exact) mass is 409 g/mol. The Labute approximate surface area is 166 Å². The van der Waals surface area contributed by atoms with Gasteiger partial charge >= 0.3 is 0 Å². The van der Waals surface area contributed by atoms with Crippen molar-refractivity contribution in [1.29, 1.82) is 0 Å². The number of halogens is 1. The molecule has 2 heteroatoms. The van der Waals surface area contributed by atoms with Crippen LogP contribution < -0.4 is 4.90 Å². The number of benzene rings is 2. The molecule has 0 aromatic heterocycles. The molecule has 2 rings (SSSR count). The van der Waals surface area contributed by atoms with Gasteiger partial charge in [0, 0.05) is 16.7 Å². The lowest BCUT2D eigenvalue weighted by Crippen LogP contribution is -2.30. The van der Waals surface area contributed by atoms with Gasteiger partial charge in [-0.1, -0.05) is 76.1 Å². The average Bonchev–Trinajstić information content (AvgIpc) is 2.62. The Morgan fingerprint density at radius 1 is 1.00 bits per heavy atom. The van der Waals surface area contributed by atoms with E-state index in [2.05, 4.69) is 115 Å². The molecule has 0 radical (unpaired) electrons. The zero-order valence-electron chi connectivity index (χ0n) is 16.2. The lowest BCUT2D eigenvalue weighted by atomic mass is 9.92. The first kappa shape index (κ1) is 20.3. The predicted molar refractivity (Wildman–Crippen MR) is 119 cm³/mol. The fourth-order valence-electron chi connectivity index (χ4n) is 3.07. The van der Waals surface area contributed by atoms with Crippen molar-refractivity contribution in [3.63, 3.8) is 0 Å². The highest BCUT2D eigenvalue weighted by Crippen LogP contribution is 2.35. The number of para-hydroxylation sites is 1. The minimum absolute atomic E-state index is 0.149. The highest BCUT2D eigenvalue weighted by molar-refractivity contribution is 9.10. The van der Waals surface area contributed by atoms with Gasteiger partial charge in [0.05, 0.1) is 6.04 Å². The number of rotatable bonds is 7. The normalized spacial score (nSPS) is 12.0. The molecule has 0 aliphatic rings. The van der Waals surface area contributed by atoms with Crippen LogP contribution in [0.3, 0.4) is 0 Å². The maximum absolute atomic E-state index is 4.02. The minimum atomic E-state index is 0.149. The molecule has 1 atom stereocenters. The van der Waals surface area contributed by atoms with Crippen LogP contribution in [0.2, 0.25) is 0 Å². The van der Waals surface area contributed by atoms with Crippen LogP contribution in [-0.4, -0.2) is 6.54 Å². The third kappa shape index (κ3) is 5.22. The molecule has 0 fully saturated rings. The highest BCUT2D eigenvalue weighted by atomic mass is 79.9. The molecule has 26 heavy (non-hydrogen) atoms. The molecule has 0 saturated heterocycles. The van der Waals surface area contributed by atoms with Crippen molar-refractivity contribution in [1.82, 2.24) is 0 Å². The summed E-state index contributed by atoms with van der Waals surface area (Å²) < 4.78 is 1.10. The number of likely N-dealkylation sites (N-methyl/N-ethyl adjacent to an activating group) is 1. The zero-order chi connectivity index (χ0) is 19.1. The van der Waals surface area contributed by atoms with E-state index >= 15 is 0 Å². The van der Waals surface area contributed by atoms with E-state index in [0.717, 1.165) is 16.6 Å². The van der Waals surface area contributed by atoms with Gasteiger partial charge in [-0.05, 0) is 63.1 Å².